The van der Waals surface area contributed by atoms with E-state index in [4.69, 9.17) is 4.74 Å². The Balaban J connectivity index is 1.67. The Bertz CT molecular complexity index is 855. The van der Waals surface area contributed by atoms with Gasteiger partial charge in [-0.25, -0.2) is 8.78 Å². The van der Waals surface area contributed by atoms with Gasteiger partial charge in [0.15, 0.2) is 0 Å². The minimum atomic E-state index is -0.697. The van der Waals surface area contributed by atoms with Crippen LogP contribution in [0.5, 0.6) is 5.75 Å². The van der Waals surface area contributed by atoms with Crippen LogP contribution >= 0.6 is 0 Å². The average molecular weight is 374 g/mol. The first kappa shape index (κ1) is 18.8. The maximum atomic E-state index is 13.8. The largest absolute Gasteiger partial charge is 0.497 e. The summed E-state index contributed by atoms with van der Waals surface area (Å²) < 4.78 is 31.9. The molecule has 5 nitrogen and oxygen atoms in total. The summed E-state index contributed by atoms with van der Waals surface area (Å²) >= 11 is 0. The number of ether oxygens (including phenoxy) is 1. The molecule has 0 spiro atoms. The Kier molecular flexibility index (Phi) is 5.39. The molecule has 142 valence electrons. The highest BCUT2D eigenvalue weighted by Gasteiger charge is 2.36. The van der Waals surface area contributed by atoms with Crippen LogP contribution in [0.3, 0.4) is 0 Å². The molecule has 1 atom stereocenters. The molecule has 0 N–H and O–H groups in total. The van der Waals surface area contributed by atoms with Crippen LogP contribution in [0.25, 0.3) is 0 Å². The Morgan fingerprint density at radius 2 is 1.93 bits per heavy atom. The fraction of sp³-hybridized carbons (Fsp3) is 0.300. The van der Waals surface area contributed by atoms with E-state index in [0.717, 1.165) is 12.1 Å². The van der Waals surface area contributed by atoms with Gasteiger partial charge in [-0.3, -0.25) is 9.59 Å². The molecule has 1 fully saturated rings. The van der Waals surface area contributed by atoms with Crippen molar-refractivity contribution in [2.75, 3.05) is 25.6 Å². The van der Waals surface area contributed by atoms with Crippen molar-refractivity contribution >= 4 is 17.5 Å². The van der Waals surface area contributed by atoms with Crippen molar-refractivity contribution in [3.8, 4) is 5.75 Å². The number of anilines is 1. The van der Waals surface area contributed by atoms with Gasteiger partial charge in [0.2, 0.25) is 11.8 Å². The van der Waals surface area contributed by atoms with Crippen LogP contribution in [-0.4, -0.2) is 37.4 Å². The summed E-state index contributed by atoms with van der Waals surface area (Å²) in [5.74, 6) is -1.58. The van der Waals surface area contributed by atoms with Gasteiger partial charge in [-0.05, 0) is 30.3 Å². The summed E-state index contributed by atoms with van der Waals surface area (Å²) in [6, 6.07) is 10.3. The fourth-order valence-corrected chi connectivity index (χ4v) is 3.18. The molecule has 1 heterocycles. The minimum Gasteiger partial charge on any atom is -0.497 e. The van der Waals surface area contributed by atoms with Crippen molar-refractivity contribution in [3.05, 3.63) is 59.7 Å². The van der Waals surface area contributed by atoms with Gasteiger partial charge in [0.1, 0.15) is 17.4 Å². The molecule has 2 aromatic rings. The van der Waals surface area contributed by atoms with Crippen molar-refractivity contribution in [1.29, 1.82) is 0 Å². The quantitative estimate of drug-likeness (QED) is 0.809. The molecule has 2 aromatic carbocycles. The maximum Gasteiger partial charge on any atom is 0.228 e. The molecule has 1 unspecified atom stereocenters. The summed E-state index contributed by atoms with van der Waals surface area (Å²) in [5.41, 5.74) is 0.923. The highest BCUT2D eigenvalue weighted by atomic mass is 19.1. The Morgan fingerprint density at radius 3 is 2.56 bits per heavy atom. The number of carbonyl (C=O) groups is 2. The number of amides is 2. The van der Waals surface area contributed by atoms with Crippen molar-refractivity contribution in [3.63, 3.8) is 0 Å². The summed E-state index contributed by atoms with van der Waals surface area (Å²) in [4.78, 5) is 28.0. The van der Waals surface area contributed by atoms with Crippen LogP contribution in [0.15, 0.2) is 42.5 Å². The zero-order chi connectivity index (χ0) is 19.6. The van der Waals surface area contributed by atoms with Crippen LogP contribution in [0.4, 0.5) is 14.5 Å². The van der Waals surface area contributed by atoms with Gasteiger partial charge in [0.05, 0.1) is 13.0 Å². The number of hydrogen-bond acceptors (Lipinski definition) is 3. The van der Waals surface area contributed by atoms with Gasteiger partial charge in [-0.2, -0.15) is 0 Å². The number of halogens is 2. The smallest absolute Gasteiger partial charge is 0.228 e. The molecular weight excluding hydrogens is 354 g/mol. The highest BCUT2D eigenvalue weighted by Crippen LogP contribution is 2.28. The first-order valence-corrected chi connectivity index (χ1v) is 8.52. The zero-order valence-corrected chi connectivity index (χ0v) is 15.1. The molecule has 3 rings (SSSR count). The van der Waals surface area contributed by atoms with E-state index in [1.54, 1.807) is 43.3 Å². The molecule has 0 radical (unpaired) electrons. The van der Waals surface area contributed by atoms with Crippen molar-refractivity contribution < 1.29 is 23.1 Å². The van der Waals surface area contributed by atoms with E-state index < -0.39 is 17.6 Å². The first-order chi connectivity index (χ1) is 12.9. The third-order valence-corrected chi connectivity index (χ3v) is 4.66. The van der Waals surface area contributed by atoms with Crippen molar-refractivity contribution in [2.45, 2.75) is 13.0 Å². The van der Waals surface area contributed by atoms with E-state index in [-0.39, 0.29) is 36.9 Å². The SMILES string of the molecule is COc1ccc(N2CC(C(=O)N(C)Cc3ccc(F)cc3F)CC2=O)cc1. The molecule has 0 saturated carbocycles. The topological polar surface area (TPSA) is 49.9 Å². The van der Waals surface area contributed by atoms with Gasteiger partial charge in [-0.1, -0.05) is 6.07 Å². The van der Waals surface area contributed by atoms with Gasteiger partial charge in [-0.15, -0.1) is 0 Å². The van der Waals surface area contributed by atoms with E-state index in [9.17, 15) is 18.4 Å². The van der Waals surface area contributed by atoms with Crippen LogP contribution in [0, 0.1) is 17.6 Å². The molecule has 7 heteroatoms. The van der Waals surface area contributed by atoms with Gasteiger partial charge >= 0.3 is 0 Å². The fourth-order valence-electron chi connectivity index (χ4n) is 3.18. The van der Waals surface area contributed by atoms with E-state index in [1.807, 2.05) is 0 Å². The molecule has 27 heavy (non-hydrogen) atoms. The van der Waals surface area contributed by atoms with Crippen LogP contribution in [0.2, 0.25) is 0 Å². The molecule has 0 aromatic heterocycles. The van der Waals surface area contributed by atoms with E-state index in [0.29, 0.717) is 11.4 Å². The molecule has 0 bridgehead atoms. The molecule has 0 aliphatic carbocycles. The zero-order valence-electron chi connectivity index (χ0n) is 15.1. The predicted molar refractivity (Wildman–Crippen MR) is 96.3 cm³/mol. The molecular formula is C20H20F2N2O3. The number of benzene rings is 2. The minimum absolute atomic E-state index is 0.0121. The Morgan fingerprint density at radius 1 is 1.22 bits per heavy atom. The monoisotopic (exact) mass is 374 g/mol. The molecule has 1 aliphatic heterocycles. The summed E-state index contributed by atoms with van der Waals surface area (Å²) in [7, 11) is 3.11. The summed E-state index contributed by atoms with van der Waals surface area (Å²) in [5, 5.41) is 0. The molecule has 2 amide bonds. The third kappa shape index (κ3) is 4.07. The number of rotatable bonds is 5. The second-order valence-corrected chi connectivity index (χ2v) is 6.53. The number of methoxy groups -OCH3 is 1. The first-order valence-electron chi connectivity index (χ1n) is 8.52. The second kappa shape index (κ2) is 7.73. The summed E-state index contributed by atoms with van der Waals surface area (Å²) in [6.45, 7) is 0.276. The lowest BCUT2D eigenvalue weighted by Crippen LogP contribution is -2.34. The molecule has 1 saturated heterocycles. The van der Waals surface area contributed by atoms with Crippen molar-refractivity contribution in [2.24, 2.45) is 5.92 Å². The van der Waals surface area contributed by atoms with Gasteiger partial charge < -0.3 is 14.5 Å². The van der Waals surface area contributed by atoms with E-state index in [1.165, 1.54) is 11.0 Å². The number of hydrogen-bond donors (Lipinski definition) is 0. The third-order valence-electron chi connectivity index (χ3n) is 4.66. The maximum absolute atomic E-state index is 13.8. The second-order valence-electron chi connectivity index (χ2n) is 6.53. The Labute approximate surface area is 156 Å². The lowest BCUT2D eigenvalue weighted by atomic mass is 10.1. The standard InChI is InChI=1S/C20H20F2N2O3/c1-23(11-13-3-4-15(21)10-18(13)22)20(26)14-9-19(25)24(12-14)16-5-7-17(27-2)8-6-16/h3-8,10,14H,9,11-12H2,1-2H3. The predicted octanol–water partition coefficient (Wildman–Crippen LogP) is 2.98. The number of nitrogens with zero attached hydrogens (tertiary/aromatic N) is 2. The lowest BCUT2D eigenvalue weighted by Gasteiger charge is -2.22. The highest BCUT2D eigenvalue weighted by molar-refractivity contribution is 6.00. The van der Waals surface area contributed by atoms with Crippen LogP contribution in [0.1, 0.15) is 12.0 Å². The van der Waals surface area contributed by atoms with Gasteiger partial charge in [0.25, 0.3) is 0 Å². The van der Waals surface area contributed by atoms with Crippen molar-refractivity contribution in [1.82, 2.24) is 4.90 Å². The van der Waals surface area contributed by atoms with Crippen LogP contribution in [-0.2, 0) is 16.1 Å². The van der Waals surface area contributed by atoms with Gasteiger partial charge in [0, 0.05) is 43.9 Å². The van der Waals surface area contributed by atoms with E-state index >= 15 is 0 Å². The summed E-state index contributed by atoms with van der Waals surface area (Å²) in [6.07, 6.45) is 0.0983. The average Bonchev–Trinajstić information content (AvgIpc) is 3.05. The van der Waals surface area contributed by atoms with Crippen LogP contribution < -0.4 is 9.64 Å². The van der Waals surface area contributed by atoms with E-state index in [2.05, 4.69) is 0 Å². The number of carbonyl (C=O) groups excluding carboxylic acids is 2. The lowest BCUT2D eigenvalue weighted by molar-refractivity contribution is -0.135. The normalized spacial score (nSPS) is 16.5. The molecule has 1 aliphatic rings. The Hall–Kier alpha value is -2.96.